The molecule has 0 fully saturated rings. The lowest BCUT2D eigenvalue weighted by Gasteiger charge is -1.83. The zero-order valence-electron chi connectivity index (χ0n) is 5.53. The number of aryl methyl sites for hydroxylation is 1. The van der Waals surface area contributed by atoms with Crippen LogP contribution in [0.5, 0.6) is 0 Å². The minimum atomic E-state index is 0.611. The second-order valence-electron chi connectivity index (χ2n) is 2.13. The smallest absolute Gasteiger partial charge is 0.245 e. The molecule has 3 nitrogen and oxygen atoms in total. The van der Waals surface area contributed by atoms with E-state index < -0.39 is 0 Å². The average Bonchev–Trinajstić information content (AvgIpc) is 2.34. The number of nitrogens with zero attached hydrogens (tertiary/aromatic N) is 2. The van der Waals surface area contributed by atoms with Crippen LogP contribution in [0.15, 0.2) is 23.1 Å². The van der Waals surface area contributed by atoms with E-state index in [9.17, 15) is 0 Å². The summed E-state index contributed by atoms with van der Waals surface area (Å²) in [5.74, 6) is 0. The van der Waals surface area contributed by atoms with Crippen molar-refractivity contribution in [3.63, 3.8) is 0 Å². The number of hydrogen-bond acceptors (Lipinski definition) is 3. The van der Waals surface area contributed by atoms with Crippen molar-refractivity contribution >= 4 is 11.2 Å². The fourth-order valence-electron chi connectivity index (χ4n) is 0.882. The van der Waals surface area contributed by atoms with E-state index in [2.05, 4.69) is 9.97 Å². The lowest BCUT2D eigenvalue weighted by atomic mass is 10.3. The van der Waals surface area contributed by atoms with Crippen molar-refractivity contribution in [2.45, 2.75) is 6.92 Å². The van der Waals surface area contributed by atoms with Crippen LogP contribution in [0.2, 0.25) is 0 Å². The molecule has 2 rings (SSSR count). The summed E-state index contributed by atoms with van der Waals surface area (Å²) in [5.41, 5.74) is 2.49. The Balaban J connectivity index is 2.93. The van der Waals surface area contributed by atoms with E-state index in [-0.39, 0.29) is 0 Å². The van der Waals surface area contributed by atoms with Crippen LogP contribution >= 0.6 is 0 Å². The van der Waals surface area contributed by atoms with E-state index in [4.69, 9.17) is 4.42 Å². The van der Waals surface area contributed by atoms with Gasteiger partial charge in [-0.05, 0) is 6.92 Å². The first kappa shape index (κ1) is 5.41. The molecule has 2 heterocycles. The van der Waals surface area contributed by atoms with Crippen molar-refractivity contribution in [2.24, 2.45) is 0 Å². The lowest BCUT2D eigenvalue weighted by molar-refractivity contribution is 0.600. The third-order valence-corrected chi connectivity index (χ3v) is 1.39. The van der Waals surface area contributed by atoms with Gasteiger partial charge in [0.25, 0.3) is 0 Å². The Hall–Kier alpha value is -1.38. The highest BCUT2D eigenvalue weighted by Gasteiger charge is 2.00. The van der Waals surface area contributed by atoms with Crippen molar-refractivity contribution in [3.8, 4) is 0 Å². The molecule has 0 radical (unpaired) electrons. The predicted molar refractivity (Wildman–Crippen MR) is 36.5 cm³/mol. The van der Waals surface area contributed by atoms with Gasteiger partial charge in [0.15, 0.2) is 0 Å². The molecule has 3 heteroatoms. The second kappa shape index (κ2) is 1.80. The lowest BCUT2D eigenvalue weighted by Crippen LogP contribution is -1.76. The molecule has 0 spiro atoms. The molecule has 0 aliphatic rings. The van der Waals surface area contributed by atoms with Crippen molar-refractivity contribution in [2.75, 3.05) is 0 Å². The molecule has 10 heavy (non-hydrogen) atoms. The number of fused-ring (bicyclic) bond motifs is 1. The maximum Gasteiger partial charge on any atom is 0.245 e. The number of furan rings is 1. The normalized spacial score (nSPS) is 10.5. The van der Waals surface area contributed by atoms with Gasteiger partial charge >= 0.3 is 0 Å². The molecule has 0 N–H and O–H groups in total. The molecule has 0 aliphatic carbocycles. The molecule has 2 aromatic heterocycles. The maximum absolute atomic E-state index is 5.08. The highest BCUT2D eigenvalue weighted by Crippen LogP contribution is 2.13. The summed E-state index contributed by atoms with van der Waals surface area (Å²) in [6.45, 7) is 1.94. The predicted octanol–water partition coefficient (Wildman–Crippen LogP) is 1.53. The summed E-state index contributed by atoms with van der Waals surface area (Å²) in [6, 6.07) is 0. The first-order valence-electron chi connectivity index (χ1n) is 3.03. The average molecular weight is 134 g/mol. The third-order valence-electron chi connectivity index (χ3n) is 1.39. The first-order valence-corrected chi connectivity index (χ1v) is 3.03. The first-order chi connectivity index (χ1) is 4.88. The molecular weight excluding hydrogens is 128 g/mol. The Morgan fingerprint density at radius 2 is 2.10 bits per heavy atom. The topological polar surface area (TPSA) is 38.9 Å². The van der Waals surface area contributed by atoms with E-state index in [0.29, 0.717) is 5.71 Å². The Morgan fingerprint density at radius 3 is 2.90 bits per heavy atom. The van der Waals surface area contributed by atoms with E-state index >= 15 is 0 Å². The van der Waals surface area contributed by atoms with Crippen molar-refractivity contribution in [1.29, 1.82) is 0 Å². The molecule has 0 saturated carbocycles. The van der Waals surface area contributed by atoms with Crippen molar-refractivity contribution in [3.05, 3.63) is 24.2 Å². The van der Waals surface area contributed by atoms with Crippen LogP contribution in [-0.4, -0.2) is 9.97 Å². The van der Waals surface area contributed by atoms with E-state index in [0.717, 1.165) is 11.1 Å². The fraction of sp³-hybridized carbons (Fsp3) is 0.143. The minimum Gasteiger partial charge on any atom is -0.445 e. The number of aromatic nitrogens is 2. The monoisotopic (exact) mass is 134 g/mol. The molecule has 0 amide bonds. The van der Waals surface area contributed by atoms with Crippen molar-refractivity contribution in [1.82, 2.24) is 9.97 Å². The quantitative estimate of drug-likeness (QED) is 0.548. The zero-order valence-corrected chi connectivity index (χ0v) is 5.53. The Labute approximate surface area is 57.7 Å². The Morgan fingerprint density at radius 1 is 1.30 bits per heavy atom. The Bertz CT molecular complexity index is 353. The largest absolute Gasteiger partial charge is 0.445 e. The molecule has 0 aromatic carbocycles. The Kier molecular flexibility index (Phi) is 0.974. The van der Waals surface area contributed by atoms with Gasteiger partial charge in [0.05, 0.1) is 6.26 Å². The molecule has 0 unspecified atom stereocenters. The molecule has 0 bridgehead atoms. The van der Waals surface area contributed by atoms with Crippen LogP contribution in [-0.2, 0) is 0 Å². The molecule has 50 valence electrons. The number of hydrogen-bond donors (Lipinski definition) is 0. The summed E-state index contributed by atoms with van der Waals surface area (Å²) in [7, 11) is 0. The van der Waals surface area contributed by atoms with Gasteiger partial charge in [0, 0.05) is 18.0 Å². The molecule has 0 aliphatic heterocycles. The highest BCUT2D eigenvalue weighted by molar-refractivity contribution is 5.71. The molecule has 0 saturated heterocycles. The van der Waals surface area contributed by atoms with Crippen LogP contribution in [0, 0.1) is 6.92 Å². The van der Waals surface area contributed by atoms with Crippen LogP contribution in [0.1, 0.15) is 5.56 Å². The van der Waals surface area contributed by atoms with E-state index in [1.807, 2.05) is 6.92 Å². The third kappa shape index (κ3) is 0.603. The summed E-state index contributed by atoms with van der Waals surface area (Å²) in [4.78, 5) is 8.06. The van der Waals surface area contributed by atoms with Crippen LogP contribution in [0.4, 0.5) is 0 Å². The zero-order chi connectivity index (χ0) is 6.97. The van der Waals surface area contributed by atoms with Gasteiger partial charge in [-0.3, -0.25) is 0 Å². The minimum absolute atomic E-state index is 0.611. The van der Waals surface area contributed by atoms with Gasteiger partial charge in [0.1, 0.15) is 5.52 Å². The SMILES string of the molecule is Cc1coc2nccnc12. The maximum atomic E-state index is 5.08. The van der Waals surface area contributed by atoms with Crippen LogP contribution in [0.25, 0.3) is 11.2 Å². The summed E-state index contributed by atoms with van der Waals surface area (Å²) < 4.78 is 5.08. The van der Waals surface area contributed by atoms with Crippen LogP contribution < -0.4 is 0 Å². The fourth-order valence-corrected chi connectivity index (χ4v) is 0.882. The molecule has 0 atom stereocenters. The van der Waals surface area contributed by atoms with Gasteiger partial charge in [-0.2, -0.15) is 0 Å². The van der Waals surface area contributed by atoms with Gasteiger partial charge < -0.3 is 4.42 Å². The van der Waals surface area contributed by atoms with Gasteiger partial charge in [0.2, 0.25) is 5.71 Å². The van der Waals surface area contributed by atoms with Crippen molar-refractivity contribution < 1.29 is 4.42 Å². The van der Waals surface area contributed by atoms with E-state index in [1.165, 1.54) is 0 Å². The molecule has 2 aromatic rings. The van der Waals surface area contributed by atoms with Gasteiger partial charge in [-0.1, -0.05) is 0 Å². The second-order valence-corrected chi connectivity index (χ2v) is 2.13. The summed E-state index contributed by atoms with van der Waals surface area (Å²) in [5, 5.41) is 0. The summed E-state index contributed by atoms with van der Waals surface area (Å²) >= 11 is 0. The number of rotatable bonds is 0. The standard InChI is InChI=1S/C7H6N2O/c1-5-4-10-7-6(5)8-2-3-9-7/h2-4H,1H3. The van der Waals surface area contributed by atoms with Gasteiger partial charge in [-0.25, -0.2) is 9.97 Å². The van der Waals surface area contributed by atoms with E-state index in [1.54, 1.807) is 18.7 Å². The molecular formula is C7H6N2O. The summed E-state index contributed by atoms with van der Waals surface area (Å²) in [6.07, 6.45) is 4.93. The van der Waals surface area contributed by atoms with Gasteiger partial charge in [-0.15, -0.1) is 0 Å². The highest BCUT2D eigenvalue weighted by atomic mass is 16.3. The van der Waals surface area contributed by atoms with Crippen LogP contribution in [0.3, 0.4) is 0 Å².